The number of nitrogens with zero attached hydrogens (tertiary/aromatic N) is 2. The van der Waals surface area contributed by atoms with Gasteiger partial charge in [-0.1, -0.05) is 19.9 Å². The van der Waals surface area contributed by atoms with E-state index in [0.29, 0.717) is 12.1 Å². The molecule has 0 amide bonds. The molecule has 1 fully saturated rings. The number of nitrogens with one attached hydrogen (secondary N) is 1. The van der Waals surface area contributed by atoms with Gasteiger partial charge in [0.25, 0.3) is 0 Å². The van der Waals surface area contributed by atoms with Crippen LogP contribution < -0.4 is 15.0 Å². The van der Waals surface area contributed by atoms with Crippen molar-refractivity contribution in [3.8, 4) is 5.75 Å². The third-order valence-electron chi connectivity index (χ3n) is 4.57. The molecule has 0 aliphatic carbocycles. The Labute approximate surface area is 135 Å². The van der Waals surface area contributed by atoms with Crippen LogP contribution >= 0.6 is 0 Å². The summed E-state index contributed by atoms with van der Waals surface area (Å²) < 4.78 is 5.65. The first-order valence-electron chi connectivity index (χ1n) is 8.33. The van der Waals surface area contributed by atoms with Crippen LogP contribution in [0.15, 0.2) is 18.2 Å². The summed E-state index contributed by atoms with van der Waals surface area (Å²) in [4.78, 5) is 4.80. The largest absolute Gasteiger partial charge is 0.495 e. The molecule has 0 radical (unpaired) electrons. The molecule has 4 nitrogen and oxygen atoms in total. The van der Waals surface area contributed by atoms with E-state index in [1.165, 1.54) is 37.2 Å². The summed E-state index contributed by atoms with van der Waals surface area (Å²) in [5.74, 6) is 0.976. The van der Waals surface area contributed by atoms with Crippen LogP contribution in [0, 0.1) is 0 Å². The summed E-state index contributed by atoms with van der Waals surface area (Å²) in [5, 5.41) is 3.46. The van der Waals surface area contributed by atoms with Crippen molar-refractivity contribution in [3.63, 3.8) is 0 Å². The van der Waals surface area contributed by atoms with Crippen molar-refractivity contribution in [2.75, 3.05) is 39.2 Å². The topological polar surface area (TPSA) is 27.7 Å². The van der Waals surface area contributed by atoms with E-state index in [0.717, 1.165) is 12.3 Å². The Morgan fingerprint density at radius 1 is 1.32 bits per heavy atom. The Morgan fingerprint density at radius 3 is 2.59 bits per heavy atom. The first kappa shape index (κ1) is 17.1. The summed E-state index contributed by atoms with van der Waals surface area (Å²) in [6.07, 6.45) is 2.43. The van der Waals surface area contributed by atoms with Crippen molar-refractivity contribution in [3.05, 3.63) is 23.8 Å². The molecule has 1 aromatic rings. The molecule has 124 valence electrons. The van der Waals surface area contributed by atoms with Crippen molar-refractivity contribution in [1.82, 2.24) is 10.2 Å². The van der Waals surface area contributed by atoms with Crippen LogP contribution in [-0.4, -0.2) is 51.3 Å². The maximum absolute atomic E-state index is 5.65. The molecule has 0 unspecified atom stereocenters. The Balaban J connectivity index is 2.09. The zero-order valence-electron chi connectivity index (χ0n) is 14.7. The molecule has 1 aliphatic rings. The van der Waals surface area contributed by atoms with Crippen molar-refractivity contribution in [2.24, 2.45) is 0 Å². The minimum Gasteiger partial charge on any atom is -0.495 e. The predicted molar refractivity (Wildman–Crippen MR) is 93.9 cm³/mol. The van der Waals surface area contributed by atoms with Gasteiger partial charge in [0.15, 0.2) is 0 Å². The van der Waals surface area contributed by atoms with E-state index in [1.807, 2.05) is 0 Å². The highest BCUT2D eigenvalue weighted by Gasteiger charge is 2.22. The Morgan fingerprint density at radius 2 is 2.00 bits per heavy atom. The van der Waals surface area contributed by atoms with Crippen molar-refractivity contribution in [1.29, 1.82) is 0 Å². The van der Waals surface area contributed by atoms with E-state index in [1.54, 1.807) is 7.11 Å². The average molecular weight is 305 g/mol. The van der Waals surface area contributed by atoms with E-state index in [2.05, 4.69) is 61.3 Å². The molecule has 1 aromatic carbocycles. The molecule has 4 heteroatoms. The fourth-order valence-electron chi connectivity index (χ4n) is 3.02. The Bertz CT molecular complexity index is 467. The van der Waals surface area contributed by atoms with Gasteiger partial charge in [0.2, 0.25) is 0 Å². The van der Waals surface area contributed by atoms with Crippen LogP contribution in [0.2, 0.25) is 0 Å². The number of methoxy groups -OCH3 is 1. The van der Waals surface area contributed by atoms with Crippen molar-refractivity contribution in [2.45, 2.75) is 45.3 Å². The number of anilines is 1. The zero-order chi connectivity index (χ0) is 16.1. The Hall–Kier alpha value is -1.26. The second-order valence-electron chi connectivity index (χ2n) is 6.69. The van der Waals surface area contributed by atoms with Gasteiger partial charge in [0.1, 0.15) is 5.75 Å². The normalized spacial score (nSPS) is 17.0. The van der Waals surface area contributed by atoms with Gasteiger partial charge in [-0.3, -0.25) is 0 Å². The molecule has 22 heavy (non-hydrogen) atoms. The second kappa shape index (κ2) is 7.84. The number of ether oxygens (including phenoxy) is 1. The standard InChI is InChI=1S/C18H31N3O/c1-14(2)19-13-15-6-7-17(18(12-15)22-5)21(4)16-8-10-20(3)11-9-16/h6-7,12,14,16,19H,8-11,13H2,1-5H3. The average Bonchev–Trinajstić information content (AvgIpc) is 2.52. The van der Waals surface area contributed by atoms with Gasteiger partial charge in [-0.15, -0.1) is 0 Å². The molecule has 1 N–H and O–H groups in total. The van der Waals surface area contributed by atoms with E-state index in [4.69, 9.17) is 4.74 Å². The molecule has 0 spiro atoms. The van der Waals surface area contributed by atoms with Gasteiger partial charge < -0.3 is 19.9 Å². The summed E-state index contributed by atoms with van der Waals surface area (Å²) in [7, 11) is 6.16. The van der Waals surface area contributed by atoms with Gasteiger partial charge in [-0.05, 0) is 50.7 Å². The first-order valence-corrected chi connectivity index (χ1v) is 8.33. The SMILES string of the molecule is COc1cc(CNC(C)C)ccc1N(C)C1CCN(C)CC1. The van der Waals surface area contributed by atoms with Gasteiger partial charge in [0, 0.05) is 25.7 Å². The number of benzene rings is 1. The van der Waals surface area contributed by atoms with Crippen LogP contribution in [0.5, 0.6) is 5.75 Å². The van der Waals surface area contributed by atoms with Crippen molar-refractivity contribution < 1.29 is 4.74 Å². The van der Waals surface area contributed by atoms with E-state index >= 15 is 0 Å². The summed E-state index contributed by atoms with van der Waals surface area (Å²) >= 11 is 0. The minimum absolute atomic E-state index is 0.493. The first-order chi connectivity index (χ1) is 10.5. The quantitative estimate of drug-likeness (QED) is 0.874. The van der Waals surface area contributed by atoms with Gasteiger partial charge >= 0.3 is 0 Å². The summed E-state index contributed by atoms with van der Waals surface area (Å²) in [6.45, 7) is 7.56. The maximum atomic E-state index is 5.65. The van der Waals surface area contributed by atoms with E-state index < -0.39 is 0 Å². The third kappa shape index (κ3) is 4.37. The molecule has 1 heterocycles. The molecule has 1 saturated heterocycles. The minimum atomic E-state index is 0.493. The van der Waals surface area contributed by atoms with Gasteiger partial charge in [-0.25, -0.2) is 0 Å². The number of piperidine rings is 1. The molecule has 2 rings (SSSR count). The second-order valence-corrected chi connectivity index (χ2v) is 6.69. The molecule has 0 saturated carbocycles. The number of hydrogen-bond acceptors (Lipinski definition) is 4. The fraction of sp³-hybridized carbons (Fsp3) is 0.667. The lowest BCUT2D eigenvalue weighted by Gasteiger charge is -2.37. The number of likely N-dealkylation sites (tertiary alicyclic amines) is 1. The monoisotopic (exact) mass is 305 g/mol. The highest BCUT2D eigenvalue weighted by atomic mass is 16.5. The lowest BCUT2D eigenvalue weighted by Crippen LogP contribution is -2.42. The fourth-order valence-corrected chi connectivity index (χ4v) is 3.02. The molecule has 0 atom stereocenters. The summed E-state index contributed by atoms with van der Waals surface area (Å²) in [6, 6.07) is 7.67. The number of hydrogen-bond donors (Lipinski definition) is 1. The molecular formula is C18H31N3O. The van der Waals surface area contributed by atoms with Gasteiger partial charge in [0.05, 0.1) is 12.8 Å². The van der Waals surface area contributed by atoms with Crippen LogP contribution in [0.3, 0.4) is 0 Å². The lowest BCUT2D eigenvalue weighted by molar-refractivity contribution is 0.252. The van der Waals surface area contributed by atoms with Crippen LogP contribution in [0.4, 0.5) is 5.69 Å². The van der Waals surface area contributed by atoms with E-state index in [9.17, 15) is 0 Å². The Kier molecular flexibility index (Phi) is 6.09. The molecular weight excluding hydrogens is 274 g/mol. The smallest absolute Gasteiger partial charge is 0.142 e. The van der Waals surface area contributed by atoms with Crippen LogP contribution in [0.25, 0.3) is 0 Å². The molecule has 0 bridgehead atoms. The van der Waals surface area contributed by atoms with E-state index in [-0.39, 0.29) is 0 Å². The highest BCUT2D eigenvalue weighted by Crippen LogP contribution is 2.32. The molecule has 1 aliphatic heterocycles. The van der Waals surface area contributed by atoms with Crippen molar-refractivity contribution >= 4 is 5.69 Å². The third-order valence-corrected chi connectivity index (χ3v) is 4.57. The predicted octanol–water partition coefficient (Wildman–Crippen LogP) is 2.72. The van der Waals surface area contributed by atoms with Crippen LogP contribution in [0.1, 0.15) is 32.3 Å². The molecule has 0 aromatic heterocycles. The zero-order valence-corrected chi connectivity index (χ0v) is 14.7. The van der Waals surface area contributed by atoms with Gasteiger partial charge in [-0.2, -0.15) is 0 Å². The maximum Gasteiger partial charge on any atom is 0.142 e. The number of rotatable bonds is 6. The highest BCUT2D eigenvalue weighted by molar-refractivity contribution is 5.60. The summed E-state index contributed by atoms with van der Waals surface area (Å²) in [5.41, 5.74) is 2.47. The van der Waals surface area contributed by atoms with Crippen LogP contribution in [-0.2, 0) is 6.54 Å². The lowest BCUT2D eigenvalue weighted by atomic mass is 10.0.